The molecule has 0 bridgehead atoms. The molecule has 0 spiro atoms. The van der Waals surface area contributed by atoms with Crippen LogP contribution in [0, 0.1) is 0 Å². The van der Waals surface area contributed by atoms with Crippen molar-refractivity contribution in [1.82, 2.24) is 10.2 Å². The second-order valence-corrected chi connectivity index (χ2v) is 8.87. The molecule has 0 aliphatic carbocycles. The fraction of sp³-hybridized carbons (Fsp3) is 0.423. The zero-order valence-corrected chi connectivity index (χ0v) is 20.5. The van der Waals surface area contributed by atoms with E-state index in [4.69, 9.17) is 14.2 Å². The number of anilines is 2. The number of hydrogen-bond donors (Lipinski definition) is 3. The number of urea groups is 1. The smallest absolute Gasteiger partial charge is 0.323 e. The molecule has 0 aromatic heterocycles. The van der Waals surface area contributed by atoms with Gasteiger partial charge in [0.2, 0.25) is 5.91 Å². The maximum absolute atomic E-state index is 13.4. The molecule has 4 amide bonds. The van der Waals surface area contributed by atoms with Crippen molar-refractivity contribution < 1.29 is 28.6 Å². The van der Waals surface area contributed by atoms with E-state index >= 15 is 0 Å². The number of ether oxygens (including phenoxy) is 3. The Kier molecular flexibility index (Phi) is 8.40. The molecule has 36 heavy (non-hydrogen) atoms. The maximum Gasteiger partial charge on any atom is 0.323 e. The highest BCUT2D eigenvalue weighted by Crippen LogP contribution is 2.32. The molecule has 192 valence electrons. The third kappa shape index (κ3) is 6.32. The van der Waals surface area contributed by atoms with Gasteiger partial charge in [0.05, 0.1) is 30.7 Å². The monoisotopic (exact) mass is 496 g/mol. The Bertz CT molecular complexity index is 1080. The Morgan fingerprint density at radius 1 is 1.08 bits per heavy atom. The van der Waals surface area contributed by atoms with Crippen molar-refractivity contribution in [1.29, 1.82) is 0 Å². The van der Waals surface area contributed by atoms with Crippen LogP contribution < -0.4 is 20.7 Å². The van der Waals surface area contributed by atoms with E-state index in [0.29, 0.717) is 48.7 Å². The van der Waals surface area contributed by atoms with Gasteiger partial charge in [0.25, 0.3) is 5.91 Å². The van der Waals surface area contributed by atoms with Crippen LogP contribution in [0.3, 0.4) is 0 Å². The summed E-state index contributed by atoms with van der Waals surface area (Å²) in [4.78, 5) is 39.6. The minimum absolute atomic E-state index is 0.0895. The zero-order chi connectivity index (χ0) is 25.5. The lowest BCUT2D eigenvalue weighted by atomic mass is 9.94. The summed E-state index contributed by atoms with van der Waals surface area (Å²) < 4.78 is 17.1. The molecule has 3 N–H and O–H groups in total. The first-order valence-corrected chi connectivity index (χ1v) is 12.0. The minimum Gasteiger partial charge on any atom is -0.490 e. The Morgan fingerprint density at radius 3 is 2.64 bits per heavy atom. The summed E-state index contributed by atoms with van der Waals surface area (Å²) in [5, 5.41) is 8.33. The molecule has 2 aromatic carbocycles. The van der Waals surface area contributed by atoms with Gasteiger partial charge in [-0.25, -0.2) is 4.79 Å². The van der Waals surface area contributed by atoms with E-state index in [1.165, 1.54) is 0 Å². The van der Waals surface area contributed by atoms with Gasteiger partial charge in [-0.05, 0) is 43.2 Å². The van der Waals surface area contributed by atoms with E-state index in [1.807, 2.05) is 18.2 Å². The van der Waals surface area contributed by atoms with Gasteiger partial charge in [-0.1, -0.05) is 18.2 Å². The van der Waals surface area contributed by atoms with E-state index in [-0.39, 0.29) is 43.1 Å². The number of methoxy groups -OCH3 is 1. The maximum atomic E-state index is 13.4. The van der Waals surface area contributed by atoms with Crippen molar-refractivity contribution in [2.75, 3.05) is 44.5 Å². The van der Waals surface area contributed by atoms with Gasteiger partial charge in [0.15, 0.2) is 0 Å². The van der Waals surface area contributed by atoms with Crippen LogP contribution in [0.1, 0.15) is 29.6 Å². The predicted molar refractivity (Wildman–Crippen MR) is 134 cm³/mol. The second-order valence-electron chi connectivity index (χ2n) is 8.87. The molecule has 2 aliphatic heterocycles. The number of nitrogens with one attached hydrogen (secondary N) is 3. The molecular formula is C26H32N4O6. The van der Waals surface area contributed by atoms with E-state index in [2.05, 4.69) is 16.0 Å². The predicted octanol–water partition coefficient (Wildman–Crippen LogP) is 2.86. The highest BCUT2D eigenvalue weighted by molar-refractivity contribution is 6.02. The summed E-state index contributed by atoms with van der Waals surface area (Å²) in [5.41, 5.74) is 1.51. The number of para-hydroxylation sites is 1. The van der Waals surface area contributed by atoms with Crippen molar-refractivity contribution in [3.8, 4) is 5.75 Å². The Balaban J connectivity index is 1.40. The van der Waals surface area contributed by atoms with Gasteiger partial charge >= 0.3 is 6.03 Å². The molecule has 0 radical (unpaired) electrons. The number of carbonyl (C=O) groups is 3. The first-order valence-electron chi connectivity index (χ1n) is 12.0. The Morgan fingerprint density at radius 2 is 1.86 bits per heavy atom. The molecule has 10 heteroatoms. The van der Waals surface area contributed by atoms with Crippen LogP contribution in [0.4, 0.5) is 16.2 Å². The molecule has 2 aromatic rings. The average Bonchev–Trinajstić information content (AvgIpc) is 2.87. The number of benzene rings is 2. The van der Waals surface area contributed by atoms with Gasteiger partial charge in [-0.2, -0.15) is 0 Å². The molecule has 2 heterocycles. The summed E-state index contributed by atoms with van der Waals surface area (Å²) in [5.74, 6) is 0.113. The van der Waals surface area contributed by atoms with Gasteiger partial charge < -0.3 is 35.1 Å². The largest absolute Gasteiger partial charge is 0.490 e. The van der Waals surface area contributed by atoms with Crippen LogP contribution in [0.15, 0.2) is 48.5 Å². The molecule has 4 rings (SSSR count). The average molecular weight is 497 g/mol. The summed E-state index contributed by atoms with van der Waals surface area (Å²) in [6, 6.07) is 13.5. The molecule has 2 aliphatic rings. The summed E-state index contributed by atoms with van der Waals surface area (Å²) in [6.07, 6.45) is 1.01. The first kappa shape index (κ1) is 25.5. The van der Waals surface area contributed by atoms with Gasteiger partial charge in [0.1, 0.15) is 18.5 Å². The highest BCUT2D eigenvalue weighted by atomic mass is 16.5. The summed E-state index contributed by atoms with van der Waals surface area (Å²) >= 11 is 0. The summed E-state index contributed by atoms with van der Waals surface area (Å²) in [7, 11) is 3.33. The standard InChI is InChI=1S/C26H32N4O6/c1-30-21-10-9-19(15-24(31)27-12-13-34-2)36-23(21)16-35-22-11-8-18(14-20(22)25(30)32)29-26(33)28-17-6-4-3-5-7-17/h3-8,11,14,19,21,23H,9-10,12-13,15-16H2,1-2H3,(H,27,31)(H2,28,29,33)/t19-,21+,23-/m0/s1. The van der Waals surface area contributed by atoms with Crippen molar-refractivity contribution in [2.24, 2.45) is 0 Å². The normalized spacial score (nSPS) is 21.2. The van der Waals surface area contributed by atoms with Gasteiger partial charge in [0, 0.05) is 32.1 Å². The SMILES string of the molecule is COCCNC(=O)C[C@@H]1CC[C@@H]2[C@H](COc3ccc(NC(=O)Nc4ccccc4)cc3C(=O)N2C)O1. The number of carbonyl (C=O) groups excluding carboxylic acids is 3. The second kappa shape index (κ2) is 11.9. The van der Waals surface area contributed by atoms with Crippen molar-refractivity contribution in [3.05, 3.63) is 54.1 Å². The number of likely N-dealkylation sites (N-methyl/N-ethyl adjacent to an activating group) is 1. The van der Waals surface area contributed by atoms with E-state index in [1.54, 1.807) is 49.4 Å². The molecular weight excluding hydrogens is 464 g/mol. The molecule has 3 atom stereocenters. The number of nitrogens with zero attached hydrogens (tertiary/aromatic N) is 1. The van der Waals surface area contributed by atoms with Crippen molar-refractivity contribution in [3.63, 3.8) is 0 Å². The quantitative estimate of drug-likeness (QED) is 0.508. The first-order chi connectivity index (χ1) is 17.4. The van der Waals surface area contributed by atoms with Crippen LogP contribution in [-0.2, 0) is 14.3 Å². The lowest BCUT2D eigenvalue weighted by molar-refractivity contribution is -0.134. The lowest BCUT2D eigenvalue weighted by Crippen LogP contribution is -2.54. The molecule has 0 saturated carbocycles. The number of rotatable bonds is 7. The molecule has 1 fully saturated rings. The van der Waals surface area contributed by atoms with Crippen molar-refractivity contribution >= 4 is 29.2 Å². The zero-order valence-electron chi connectivity index (χ0n) is 20.5. The lowest BCUT2D eigenvalue weighted by Gasteiger charge is -2.42. The highest BCUT2D eigenvalue weighted by Gasteiger charge is 2.39. The van der Waals surface area contributed by atoms with E-state index < -0.39 is 6.03 Å². The fourth-order valence-electron chi connectivity index (χ4n) is 4.49. The van der Waals surface area contributed by atoms with Crippen LogP contribution in [0.2, 0.25) is 0 Å². The van der Waals surface area contributed by atoms with E-state index in [9.17, 15) is 14.4 Å². The molecule has 10 nitrogen and oxygen atoms in total. The van der Waals surface area contributed by atoms with Gasteiger partial charge in [-0.3, -0.25) is 9.59 Å². The third-order valence-electron chi connectivity index (χ3n) is 6.34. The van der Waals surface area contributed by atoms with Crippen LogP contribution in [0.5, 0.6) is 5.75 Å². The van der Waals surface area contributed by atoms with Crippen LogP contribution in [-0.4, -0.2) is 74.9 Å². The Hall–Kier alpha value is -3.63. The van der Waals surface area contributed by atoms with Gasteiger partial charge in [-0.15, -0.1) is 0 Å². The minimum atomic E-state index is -0.410. The Labute approximate surface area is 210 Å². The number of hydrogen-bond acceptors (Lipinski definition) is 6. The van der Waals surface area contributed by atoms with Crippen LogP contribution >= 0.6 is 0 Å². The topological polar surface area (TPSA) is 118 Å². The third-order valence-corrected chi connectivity index (χ3v) is 6.34. The van der Waals surface area contributed by atoms with E-state index in [0.717, 1.165) is 0 Å². The van der Waals surface area contributed by atoms with Crippen molar-refractivity contribution in [2.45, 2.75) is 37.5 Å². The number of fused-ring (bicyclic) bond motifs is 2. The van der Waals surface area contributed by atoms with Crippen LogP contribution in [0.25, 0.3) is 0 Å². The molecule has 0 unspecified atom stereocenters. The number of amides is 4. The fourth-order valence-corrected chi connectivity index (χ4v) is 4.49. The molecule has 1 saturated heterocycles. The summed E-state index contributed by atoms with van der Waals surface area (Å²) in [6.45, 7) is 1.16.